The molecule has 32 heavy (non-hydrogen) atoms. The molecule has 1 aliphatic heterocycles. The fourth-order valence-corrected chi connectivity index (χ4v) is 3.92. The molecule has 0 radical (unpaired) electrons. The van der Waals surface area contributed by atoms with Crippen LogP contribution in [0.1, 0.15) is 22.4 Å². The van der Waals surface area contributed by atoms with E-state index in [1.807, 2.05) is 37.3 Å². The zero-order valence-electron chi connectivity index (χ0n) is 17.4. The van der Waals surface area contributed by atoms with Gasteiger partial charge in [-0.25, -0.2) is 14.8 Å². The average molecular weight is 424 g/mol. The Bertz CT molecular complexity index is 1390. The van der Waals surface area contributed by atoms with Crippen molar-refractivity contribution in [2.75, 3.05) is 11.9 Å². The number of nitriles is 1. The van der Waals surface area contributed by atoms with E-state index in [0.29, 0.717) is 29.4 Å². The third kappa shape index (κ3) is 3.77. The Hall–Kier alpha value is -4.22. The number of amides is 1. The zero-order valence-corrected chi connectivity index (χ0v) is 17.4. The number of carbonyl (C=O) groups excluding carboxylic acids is 1. The molecule has 2 N–H and O–H groups in total. The van der Waals surface area contributed by atoms with Gasteiger partial charge in [-0.2, -0.15) is 5.26 Å². The van der Waals surface area contributed by atoms with E-state index in [4.69, 9.17) is 10.00 Å². The predicted molar refractivity (Wildman–Crippen MR) is 120 cm³/mol. The number of hydrogen-bond donors (Lipinski definition) is 2. The van der Waals surface area contributed by atoms with Gasteiger partial charge in [0.25, 0.3) is 0 Å². The Kier molecular flexibility index (Phi) is 5.01. The van der Waals surface area contributed by atoms with Crippen LogP contribution in [0.25, 0.3) is 10.9 Å². The first-order chi connectivity index (χ1) is 15.6. The fraction of sp³-hybridized carbons (Fsp3) is 0.167. The third-order valence-corrected chi connectivity index (χ3v) is 5.39. The Labute approximate surface area is 184 Å². The summed E-state index contributed by atoms with van der Waals surface area (Å²) in [7, 11) is 0. The maximum atomic E-state index is 12.9. The lowest BCUT2D eigenvalue weighted by atomic mass is 10.1. The molecule has 5 rings (SSSR count). The number of rotatable bonds is 3. The molecule has 0 saturated heterocycles. The Morgan fingerprint density at radius 1 is 1.22 bits per heavy atom. The second-order valence-corrected chi connectivity index (χ2v) is 7.67. The number of hydrogen-bond acceptors (Lipinski definition) is 6. The topological polar surface area (TPSA) is 105 Å². The number of aromatic nitrogens is 3. The highest BCUT2D eigenvalue weighted by atomic mass is 16.5. The van der Waals surface area contributed by atoms with Crippen molar-refractivity contribution >= 4 is 22.6 Å². The Balaban J connectivity index is 1.39. The van der Waals surface area contributed by atoms with Gasteiger partial charge in [0.15, 0.2) is 0 Å². The molecule has 0 fully saturated rings. The fourth-order valence-electron chi connectivity index (χ4n) is 3.92. The highest BCUT2D eigenvalue weighted by Gasteiger charge is 2.17. The number of nitrogens with one attached hydrogen (secondary N) is 2. The maximum Gasteiger partial charge on any atom is 0.330 e. The van der Waals surface area contributed by atoms with Gasteiger partial charge >= 0.3 is 6.03 Å². The molecule has 1 aliphatic rings. The lowest BCUT2D eigenvalue weighted by Gasteiger charge is -2.18. The molecule has 1 amide bonds. The molecule has 0 aliphatic carbocycles. The van der Waals surface area contributed by atoms with E-state index in [-0.39, 0.29) is 6.03 Å². The van der Waals surface area contributed by atoms with Crippen molar-refractivity contribution in [2.24, 2.45) is 0 Å². The average Bonchev–Trinajstić information content (AvgIpc) is 3.22. The quantitative estimate of drug-likeness (QED) is 0.512. The number of carbonyl (C=O) groups is 1. The van der Waals surface area contributed by atoms with Crippen molar-refractivity contribution in [1.82, 2.24) is 19.9 Å². The van der Waals surface area contributed by atoms with Crippen LogP contribution in [0.5, 0.6) is 11.6 Å². The van der Waals surface area contributed by atoms with Crippen LogP contribution in [0.4, 0.5) is 10.5 Å². The van der Waals surface area contributed by atoms with Crippen molar-refractivity contribution in [3.63, 3.8) is 0 Å². The molecule has 2 aromatic heterocycles. The van der Waals surface area contributed by atoms with Crippen LogP contribution >= 0.6 is 0 Å². The van der Waals surface area contributed by atoms with E-state index in [2.05, 4.69) is 26.7 Å². The largest absolute Gasteiger partial charge is 0.439 e. The summed E-state index contributed by atoms with van der Waals surface area (Å²) in [6.07, 6.45) is 4.04. The molecule has 0 bridgehead atoms. The standard InChI is InChI=1S/C24H20N6O2/c1-15-8-16(12-25)10-18(9-15)29-24(31)30-7-5-17-11-19(2-3-22(17)30)32-23-20-4-6-26-13-21(20)27-14-28-23/h2-3,5,7-11,14,26H,4,6,13H2,1H3,(H,29,31). The molecule has 0 atom stereocenters. The number of nitrogens with zero attached hydrogens (tertiary/aromatic N) is 4. The monoisotopic (exact) mass is 424 g/mol. The van der Waals surface area contributed by atoms with Gasteiger partial charge in [0, 0.05) is 29.4 Å². The Morgan fingerprint density at radius 2 is 2.12 bits per heavy atom. The minimum atomic E-state index is -0.305. The van der Waals surface area contributed by atoms with Crippen LogP contribution in [0.15, 0.2) is 55.0 Å². The van der Waals surface area contributed by atoms with Crippen molar-refractivity contribution < 1.29 is 9.53 Å². The molecule has 8 heteroatoms. The molecular weight excluding hydrogens is 404 g/mol. The summed E-state index contributed by atoms with van der Waals surface area (Å²) in [5.41, 5.74) is 4.72. The van der Waals surface area contributed by atoms with Gasteiger partial charge < -0.3 is 15.4 Å². The molecule has 4 aromatic rings. The lowest BCUT2D eigenvalue weighted by molar-refractivity contribution is 0.254. The van der Waals surface area contributed by atoms with Gasteiger partial charge in [-0.05, 0) is 67.9 Å². The smallest absolute Gasteiger partial charge is 0.330 e. The van der Waals surface area contributed by atoms with Crippen LogP contribution in [-0.4, -0.2) is 27.1 Å². The van der Waals surface area contributed by atoms with Gasteiger partial charge in [-0.3, -0.25) is 4.57 Å². The van der Waals surface area contributed by atoms with Gasteiger partial charge in [0.2, 0.25) is 5.88 Å². The third-order valence-electron chi connectivity index (χ3n) is 5.39. The SMILES string of the molecule is Cc1cc(C#N)cc(NC(=O)n2ccc3cc(Oc4ncnc5c4CCNC5)ccc32)c1. The lowest BCUT2D eigenvalue weighted by Crippen LogP contribution is -2.25. The molecular formula is C24H20N6O2. The number of benzene rings is 2. The molecule has 0 spiro atoms. The van der Waals surface area contributed by atoms with Crippen LogP contribution in [0.3, 0.4) is 0 Å². The number of anilines is 1. The summed E-state index contributed by atoms with van der Waals surface area (Å²) < 4.78 is 7.60. The maximum absolute atomic E-state index is 12.9. The van der Waals surface area contributed by atoms with E-state index >= 15 is 0 Å². The normalized spacial score (nSPS) is 12.8. The van der Waals surface area contributed by atoms with E-state index < -0.39 is 0 Å². The van der Waals surface area contributed by atoms with Crippen molar-refractivity contribution in [2.45, 2.75) is 19.9 Å². The molecule has 8 nitrogen and oxygen atoms in total. The van der Waals surface area contributed by atoms with Gasteiger partial charge in [-0.1, -0.05) is 0 Å². The molecule has 0 unspecified atom stereocenters. The first kappa shape index (κ1) is 19.7. The highest BCUT2D eigenvalue weighted by molar-refractivity contribution is 5.99. The number of ether oxygens (including phenoxy) is 1. The van der Waals surface area contributed by atoms with Crippen LogP contribution in [0, 0.1) is 18.3 Å². The minimum Gasteiger partial charge on any atom is -0.439 e. The van der Waals surface area contributed by atoms with E-state index in [1.165, 1.54) is 10.9 Å². The van der Waals surface area contributed by atoms with Gasteiger partial charge in [0.1, 0.15) is 12.1 Å². The molecule has 2 aromatic carbocycles. The summed E-state index contributed by atoms with van der Waals surface area (Å²) in [5, 5.41) is 16.2. The van der Waals surface area contributed by atoms with E-state index in [1.54, 1.807) is 18.3 Å². The highest BCUT2D eigenvalue weighted by Crippen LogP contribution is 2.29. The summed E-state index contributed by atoms with van der Waals surface area (Å²) >= 11 is 0. The van der Waals surface area contributed by atoms with Crippen molar-refractivity contribution in [3.8, 4) is 17.7 Å². The van der Waals surface area contributed by atoms with E-state index in [9.17, 15) is 4.79 Å². The first-order valence-corrected chi connectivity index (χ1v) is 10.3. The number of fused-ring (bicyclic) bond motifs is 2. The summed E-state index contributed by atoms with van der Waals surface area (Å²) in [6, 6.07) is 14.5. The van der Waals surface area contributed by atoms with Gasteiger partial charge in [-0.15, -0.1) is 0 Å². The second kappa shape index (κ2) is 8.13. The predicted octanol–water partition coefficient (Wildman–Crippen LogP) is 4.13. The van der Waals surface area contributed by atoms with Crippen LogP contribution in [0.2, 0.25) is 0 Å². The van der Waals surface area contributed by atoms with Gasteiger partial charge in [0.05, 0.1) is 22.8 Å². The second-order valence-electron chi connectivity index (χ2n) is 7.67. The van der Waals surface area contributed by atoms with Crippen LogP contribution < -0.4 is 15.4 Å². The zero-order chi connectivity index (χ0) is 22.1. The summed E-state index contributed by atoms with van der Waals surface area (Å²) in [4.78, 5) is 21.5. The van der Waals surface area contributed by atoms with Crippen molar-refractivity contribution in [3.05, 3.63) is 77.4 Å². The summed E-state index contributed by atoms with van der Waals surface area (Å²) in [5.74, 6) is 1.22. The molecule has 158 valence electrons. The van der Waals surface area contributed by atoms with Crippen LogP contribution in [-0.2, 0) is 13.0 Å². The minimum absolute atomic E-state index is 0.305. The number of aryl methyl sites for hydroxylation is 1. The Morgan fingerprint density at radius 3 is 3.00 bits per heavy atom. The molecule has 0 saturated carbocycles. The first-order valence-electron chi connectivity index (χ1n) is 10.3. The summed E-state index contributed by atoms with van der Waals surface area (Å²) in [6.45, 7) is 3.46. The van der Waals surface area contributed by atoms with Crippen molar-refractivity contribution in [1.29, 1.82) is 5.26 Å². The van der Waals surface area contributed by atoms with E-state index in [0.717, 1.165) is 40.7 Å². The molecule has 3 heterocycles.